The molecule has 1 heterocycles. The number of piperidine rings is 1. The van der Waals surface area contributed by atoms with Crippen molar-refractivity contribution in [1.82, 2.24) is 4.90 Å². The molecule has 104 valence electrons. The molecule has 1 saturated heterocycles. The van der Waals surface area contributed by atoms with Crippen molar-refractivity contribution in [3.05, 3.63) is 0 Å². The van der Waals surface area contributed by atoms with Gasteiger partial charge in [0.05, 0.1) is 11.5 Å². The summed E-state index contributed by atoms with van der Waals surface area (Å²) in [6, 6.07) is 0.0500. The third-order valence-electron chi connectivity index (χ3n) is 5.15. The number of rotatable bonds is 3. The summed E-state index contributed by atoms with van der Waals surface area (Å²) in [6.45, 7) is 5.45. The summed E-state index contributed by atoms with van der Waals surface area (Å²) in [5.41, 5.74) is -0.471. The van der Waals surface area contributed by atoms with Crippen molar-refractivity contribution >= 4 is 5.97 Å². The summed E-state index contributed by atoms with van der Waals surface area (Å²) in [7, 11) is 0. The molecule has 0 radical (unpaired) electrons. The van der Waals surface area contributed by atoms with Crippen molar-refractivity contribution in [2.75, 3.05) is 13.1 Å². The summed E-state index contributed by atoms with van der Waals surface area (Å²) < 4.78 is 0. The Morgan fingerprint density at radius 3 is 2.72 bits per heavy atom. The summed E-state index contributed by atoms with van der Waals surface area (Å²) in [4.78, 5) is 13.3. The lowest BCUT2D eigenvalue weighted by Gasteiger charge is -2.49. The largest absolute Gasteiger partial charge is 0.481 e. The number of aliphatic carboxylic acids is 1. The van der Waals surface area contributed by atoms with Crippen molar-refractivity contribution in [2.24, 2.45) is 11.8 Å². The molecular weight excluding hydrogens is 230 g/mol. The first kappa shape index (κ1) is 13.8. The summed E-state index contributed by atoms with van der Waals surface area (Å²) >= 11 is 0. The van der Waals surface area contributed by atoms with Crippen LogP contribution in [0.15, 0.2) is 0 Å². The molecule has 4 unspecified atom stereocenters. The molecule has 2 rings (SSSR count). The predicted octanol–water partition coefficient (Wildman–Crippen LogP) is 1.72. The maximum Gasteiger partial charge on any atom is 0.307 e. The molecular formula is C14H25NO3. The first-order valence-corrected chi connectivity index (χ1v) is 7.13. The molecule has 0 aromatic carbocycles. The van der Waals surface area contributed by atoms with Gasteiger partial charge in [-0.25, -0.2) is 0 Å². The van der Waals surface area contributed by atoms with Crippen molar-refractivity contribution < 1.29 is 15.0 Å². The Kier molecular flexibility index (Phi) is 3.97. The zero-order chi connectivity index (χ0) is 13.3. The molecule has 1 saturated carbocycles. The van der Waals surface area contributed by atoms with Gasteiger partial charge in [-0.2, -0.15) is 0 Å². The lowest BCUT2D eigenvalue weighted by molar-refractivity contribution is -0.145. The second-order valence-corrected chi connectivity index (χ2v) is 6.16. The SMILES string of the molecule is CC(C(=O)O)C(C)N1CCC2(O)CCCCC2C1. The molecule has 2 N–H and O–H groups in total. The fourth-order valence-corrected chi connectivity index (χ4v) is 3.49. The van der Waals surface area contributed by atoms with E-state index < -0.39 is 11.6 Å². The van der Waals surface area contributed by atoms with Gasteiger partial charge in [0.2, 0.25) is 0 Å². The van der Waals surface area contributed by atoms with Gasteiger partial charge in [-0.3, -0.25) is 9.69 Å². The highest BCUT2D eigenvalue weighted by molar-refractivity contribution is 5.70. The average molecular weight is 255 g/mol. The first-order valence-electron chi connectivity index (χ1n) is 7.13. The van der Waals surface area contributed by atoms with E-state index in [2.05, 4.69) is 4.90 Å². The number of carbonyl (C=O) groups is 1. The third-order valence-corrected chi connectivity index (χ3v) is 5.15. The number of aliphatic hydroxyl groups is 1. The maximum absolute atomic E-state index is 11.1. The monoisotopic (exact) mass is 255 g/mol. The first-order chi connectivity index (χ1) is 8.44. The second-order valence-electron chi connectivity index (χ2n) is 6.16. The Bertz CT molecular complexity index is 320. The van der Waals surface area contributed by atoms with Gasteiger partial charge in [0.25, 0.3) is 0 Å². The number of carboxylic acids is 1. The van der Waals surface area contributed by atoms with E-state index >= 15 is 0 Å². The van der Waals surface area contributed by atoms with Crippen LogP contribution in [0.2, 0.25) is 0 Å². The topological polar surface area (TPSA) is 60.8 Å². The van der Waals surface area contributed by atoms with Crippen LogP contribution in [0, 0.1) is 11.8 Å². The molecule has 4 nitrogen and oxygen atoms in total. The van der Waals surface area contributed by atoms with Gasteiger partial charge in [-0.15, -0.1) is 0 Å². The Balaban J connectivity index is 2.00. The average Bonchev–Trinajstić information content (AvgIpc) is 2.35. The van der Waals surface area contributed by atoms with Crippen molar-refractivity contribution in [3.8, 4) is 0 Å². The summed E-state index contributed by atoms with van der Waals surface area (Å²) in [5, 5.41) is 19.7. The molecule has 0 aromatic rings. The smallest absolute Gasteiger partial charge is 0.307 e. The van der Waals surface area contributed by atoms with E-state index in [0.29, 0.717) is 5.92 Å². The van der Waals surface area contributed by atoms with Crippen LogP contribution in [0.3, 0.4) is 0 Å². The van der Waals surface area contributed by atoms with Crippen LogP contribution in [0.25, 0.3) is 0 Å². The lowest BCUT2D eigenvalue weighted by atomic mass is 9.71. The Morgan fingerprint density at radius 1 is 1.33 bits per heavy atom. The number of nitrogens with zero attached hydrogens (tertiary/aromatic N) is 1. The van der Waals surface area contributed by atoms with E-state index in [-0.39, 0.29) is 12.0 Å². The van der Waals surface area contributed by atoms with Gasteiger partial charge in [-0.1, -0.05) is 19.8 Å². The van der Waals surface area contributed by atoms with Crippen LogP contribution in [-0.4, -0.2) is 45.8 Å². The normalized spacial score (nSPS) is 36.7. The van der Waals surface area contributed by atoms with Gasteiger partial charge in [0.15, 0.2) is 0 Å². The Hall–Kier alpha value is -0.610. The van der Waals surface area contributed by atoms with Gasteiger partial charge >= 0.3 is 5.97 Å². The van der Waals surface area contributed by atoms with Crippen LogP contribution >= 0.6 is 0 Å². The van der Waals surface area contributed by atoms with Crippen LogP contribution in [0.1, 0.15) is 46.0 Å². The van der Waals surface area contributed by atoms with E-state index in [1.165, 1.54) is 6.42 Å². The second kappa shape index (κ2) is 5.17. The minimum Gasteiger partial charge on any atom is -0.481 e. The molecule has 0 spiro atoms. The van der Waals surface area contributed by atoms with E-state index in [9.17, 15) is 9.90 Å². The highest BCUT2D eigenvalue weighted by Gasteiger charge is 2.44. The van der Waals surface area contributed by atoms with Crippen LogP contribution < -0.4 is 0 Å². The van der Waals surface area contributed by atoms with Crippen LogP contribution in [0.4, 0.5) is 0 Å². The molecule has 2 fully saturated rings. The Labute approximate surface area is 109 Å². The van der Waals surface area contributed by atoms with E-state index in [0.717, 1.165) is 38.8 Å². The molecule has 1 aliphatic heterocycles. The zero-order valence-corrected chi connectivity index (χ0v) is 11.4. The molecule has 4 atom stereocenters. The maximum atomic E-state index is 11.1. The summed E-state index contributed by atoms with van der Waals surface area (Å²) in [5.74, 6) is -0.741. The third kappa shape index (κ3) is 2.54. The molecule has 1 aliphatic carbocycles. The van der Waals surface area contributed by atoms with E-state index in [1.54, 1.807) is 6.92 Å². The fourth-order valence-electron chi connectivity index (χ4n) is 3.49. The van der Waals surface area contributed by atoms with Gasteiger partial charge in [-0.05, 0) is 26.2 Å². The molecule has 0 aromatic heterocycles. The molecule has 2 aliphatic rings. The standard InChI is InChI=1S/C14H25NO3/c1-10(13(16)17)11(2)15-8-7-14(18)6-4-3-5-12(14)9-15/h10-12,18H,3-9H2,1-2H3,(H,16,17). The van der Waals surface area contributed by atoms with Gasteiger partial charge in [0, 0.05) is 25.0 Å². The number of hydrogen-bond acceptors (Lipinski definition) is 3. The number of hydrogen-bond donors (Lipinski definition) is 2. The molecule has 18 heavy (non-hydrogen) atoms. The van der Waals surface area contributed by atoms with Crippen molar-refractivity contribution in [3.63, 3.8) is 0 Å². The van der Waals surface area contributed by atoms with Crippen LogP contribution in [-0.2, 0) is 4.79 Å². The van der Waals surface area contributed by atoms with Crippen LogP contribution in [0.5, 0.6) is 0 Å². The zero-order valence-electron chi connectivity index (χ0n) is 11.4. The fraction of sp³-hybridized carbons (Fsp3) is 0.929. The highest BCUT2D eigenvalue weighted by Crippen LogP contribution is 2.40. The minimum atomic E-state index is -0.730. The molecule has 0 bridgehead atoms. The molecule has 0 amide bonds. The van der Waals surface area contributed by atoms with E-state index in [1.807, 2.05) is 6.92 Å². The van der Waals surface area contributed by atoms with Gasteiger partial charge < -0.3 is 10.2 Å². The number of likely N-dealkylation sites (tertiary alicyclic amines) is 1. The van der Waals surface area contributed by atoms with E-state index in [4.69, 9.17) is 5.11 Å². The van der Waals surface area contributed by atoms with Crippen molar-refractivity contribution in [2.45, 2.75) is 57.6 Å². The Morgan fingerprint density at radius 2 is 2.06 bits per heavy atom. The minimum absolute atomic E-state index is 0.0500. The van der Waals surface area contributed by atoms with Gasteiger partial charge in [0.1, 0.15) is 0 Å². The quantitative estimate of drug-likeness (QED) is 0.806. The number of carboxylic acid groups (broad SMARTS) is 1. The highest BCUT2D eigenvalue weighted by atomic mass is 16.4. The lowest BCUT2D eigenvalue weighted by Crippen LogP contribution is -2.56. The number of fused-ring (bicyclic) bond motifs is 1. The summed E-state index contributed by atoms with van der Waals surface area (Å²) in [6.07, 6.45) is 5.14. The van der Waals surface area contributed by atoms with Crippen molar-refractivity contribution in [1.29, 1.82) is 0 Å². The predicted molar refractivity (Wildman–Crippen MR) is 69.4 cm³/mol. The molecule has 4 heteroatoms.